The number of hydrogen-bond donors (Lipinski definition) is 1. The van der Waals surface area contributed by atoms with E-state index in [0.717, 1.165) is 24.7 Å². The molecule has 1 aliphatic carbocycles. The lowest BCUT2D eigenvalue weighted by Crippen LogP contribution is -2.22. The molecule has 100 valence electrons. The van der Waals surface area contributed by atoms with Crippen LogP contribution in [0, 0.1) is 6.92 Å². The Kier molecular flexibility index (Phi) is 5.48. The summed E-state index contributed by atoms with van der Waals surface area (Å²) in [4.78, 5) is 0. The van der Waals surface area contributed by atoms with Crippen molar-refractivity contribution >= 4 is 11.6 Å². The van der Waals surface area contributed by atoms with Gasteiger partial charge in [0.05, 0.1) is 12.7 Å². The first-order valence-corrected chi connectivity index (χ1v) is 7.21. The van der Waals surface area contributed by atoms with E-state index in [1.54, 1.807) is 0 Å². The maximum Gasteiger partial charge on any atom is 0.0594 e. The number of rotatable bonds is 6. The molecule has 3 heteroatoms. The van der Waals surface area contributed by atoms with Crippen LogP contribution in [0.2, 0.25) is 5.02 Å². The molecule has 1 N–H and O–H groups in total. The van der Waals surface area contributed by atoms with Gasteiger partial charge in [-0.3, -0.25) is 0 Å². The van der Waals surface area contributed by atoms with Crippen molar-refractivity contribution in [1.29, 1.82) is 0 Å². The van der Waals surface area contributed by atoms with E-state index in [1.807, 2.05) is 12.1 Å². The van der Waals surface area contributed by atoms with Crippen LogP contribution < -0.4 is 5.32 Å². The van der Waals surface area contributed by atoms with Crippen LogP contribution in [0.25, 0.3) is 0 Å². The molecule has 0 aromatic heterocycles. The molecule has 0 bridgehead atoms. The Morgan fingerprint density at radius 3 is 2.83 bits per heavy atom. The standard InChI is InChI=1S/C15H22ClNO/c1-12-10-14(16)7-6-13(12)11-17-8-9-18-15-4-2-3-5-15/h6-7,10,15,17H,2-5,8-9,11H2,1H3. The number of nitrogens with one attached hydrogen (secondary N) is 1. The van der Waals surface area contributed by atoms with Gasteiger partial charge in [0.15, 0.2) is 0 Å². The molecule has 0 aliphatic heterocycles. The lowest BCUT2D eigenvalue weighted by molar-refractivity contribution is 0.0602. The summed E-state index contributed by atoms with van der Waals surface area (Å²) < 4.78 is 5.81. The van der Waals surface area contributed by atoms with Gasteiger partial charge in [0.25, 0.3) is 0 Å². The molecule has 1 fully saturated rings. The first-order chi connectivity index (χ1) is 8.75. The molecular formula is C15H22ClNO. The van der Waals surface area contributed by atoms with Gasteiger partial charge in [0, 0.05) is 18.1 Å². The van der Waals surface area contributed by atoms with Crippen molar-refractivity contribution in [3.05, 3.63) is 34.3 Å². The molecule has 0 atom stereocenters. The Bertz CT molecular complexity index is 375. The second-order valence-corrected chi connectivity index (χ2v) is 5.46. The fourth-order valence-corrected chi connectivity index (χ4v) is 2.66. The molecule has 2 nitrogen and oxygen atoms in total. The Morgan fingerprint density at radius 2 is 2.11 bits per heavy atom. The zero-order valence-corrected chi connectivity index (χ0v) is 11.8. The summed E-state index contributed by atoms with van der Waals surface area (Å²) in [7, 11) is 0. The highest BCUT2D eigenvalue weighted by molar-refractivity contribution is 6.30. The molecule has 0 unspecified atom stereocenters. The van der Waals surface area contributed by atoms with Crippen LogP contribution in [0.4, 0.5) is 0 Å². The van der Waals surface area contributed by atoms with Crippen molar-refractivity contribution in [1.82, 2.24) is 5.32 Å². The van der Waals surface area contributed by atoms with Crippen LogP contribution in [0.3, 0.4) is 0 Å². The van der Waals surface area contributed by atoms with Crippen LogP contribution in [-0.4, -0.2) is 19.3 Å². The van der Waals surface area contributed by atoms with Gasteiger partial charge in [-0.2, -0.15) is 0 Å². The van der Waals surface area contributed by atoms with Crippen LogP contribution in [-0.2, 0) is 11.3 Å². The summed E-state index contributed by atoms with van der Waals surface area (Å²) in [6.45, 7) is 4.71. The molecule has 1 aromatic carbocycles. The van der Waals surface area contributed by atoms with Crippen molar-refractivity contribution in [2.45, 2.75) is 45.3 Å². The van der Waals surface area contributed by atoms with Crippen molar-refractivity contribution in [2.75, 3.05) is 13.2 Å². The maximum atomic E-state index is 5.93. The molecule has 0 radical (unpaired) electrons. The summed E-state index contributed by atoms with van der Waals surface area (Å²) in [5.41, 5.74) is 2.55. The zero-order chi connectivity index (χ0) is 12.8. The molecule has 18 heavy (non-hydrogen) atoms. The zero-order valence-electron chi connectivity index (χ0n) is 11.0. The Labute approximate surface area is 115 Å². The van der Waals surface area contributed by atoms with E-state index >= 15 is 0 Å². The van der Waals surface area contributed by atoms with Crippen molar-refractivity contribution < 1.29 is 4.74 Å². The van der Waals surface area contributed by atoms with Gasteiger partial charge in [-0.1, -0.05) is 30.5 Å². The van der Waals surface area contributed by atoms with E-state index < -0.39 is 0 Å². The summed E-state index contributed by atoms with van der Waals surface area (Å²) in [5, 5.41) is 4.22. The minimum absolute atomic E-state index is 0.518. The third-order valence-electron chi connectivity index (χ3n) is 3.55. The number of benzene rings is 1. The van der Waals surface area contributed by atoms with E-state index in [0.29, 0.717) is 6.10 Å². The molecule has 1 saturated carbocycles. The summed E-state index contributed by atoms with van der Waals surface area (Å²) in [6, 6.07) is 6.04. The maximum absolute atomic E-state index is 5.93. The van der Waals surface area contributed by atoms with E-state index in [-0.39, 0.29) is 0 Å². The average Bonchev–Trinajstić information content (AvgIpc) is 2.84. The van der Waals surface area contributed by atoms with Gasteiger partial charge in [0.2, 0.25) is 0 Å². The van der Waals surface area contributed by atoms with E-state index in [4.69, 9.17) is 16.3 Å². The molecular weight excluding hydrogens is 246 g/mol. The lowest BCUT2D eigenvalue weighted by atomic mass is 10.1. The number of ether oxygens (including phenoxy) is 1. The summed E-state index contributed by atoms with van der Waals surface area (Å²) in [6.07, 6.45) is 5.68. The van der Waals surface area contributed by atoms with Crippen molar-refractivity contribution in [3.63, 3.8) is 0 Å². The molecule has 1 aromatic rings. The number of hydrogen-bond acceptors (Lipinski definition) is 2. The number of halogens is 1. The van der Waals surface area contributed by atoms with E-state index in [2.05, 4.69) is 18.3 Å². The predicted octanol–water partition coefficient (Wildman–Crippen LogP) is 3.70. The normalized spacial score (nSPS) is 16.3. The highest BCUT2D eigenvalue weighted by atomic mass is 35.5. The van der Waals surface area contributed by atoms with Gasteiger partial charge in [0.1, 0.15) is 0 Å². The SMILES string of the molecule is Cc1cc(Cl)ccc1CNCCOC1CCCC1. The molecule has 0 amide bonds. The van der Waals surface area contributed by atoms with Gasteiger partial charge in [-0.15, -0.1) is 0 Å². The summed E-state index contributed by atoms with van der Waals surface area (Å²) >= 11 is 5.93. The van der Waals surface area contributed by atoms with E-state index in [1.165, 1.54) is 36.8 Å². The third-order valence-corrected chi connectivity index (χ3v) is 3.79. The molecule has 1 aliphatic rings. The largest absolute Gasteiger partial charge is 0.377 e. The Morgan fingerprint density at radius 1 is 1.33 bits per heavy atom. The molecule has 2 rings (SSSR count). The quantitative estimate of drug-likeness (QED) is 0.794. The van der Waals surface area contributed by atoms with Crippen molar-refractivity contribution in [3.8, 4) is 0 Å². The fourth-order valence-electron chi connectivity index (χ4n) is 2.43. The minimum atomic E-state index is 0.518. The van der Waals surface area contributed by atoms with Crippen LogP contribution >= 0.6 is 11.6 Å². The second kappa shape index (κ2) is 7.13. The monoisotopic (exact) mass is 267 g/mol. The second-order valence-electron chi connectivity index (χ2n) is 5.02. The minimum Gasteiger partial charge on any atom is -0.377 e. The van der Waals surface area contributed by atoms with Gasteiger partial charge < -0.3 is 10.1 Å². The lowest BCUT2D eigenvalue weighted by Gasteiger charge is -2.12. The predicted molar refractivity (Wildman–Crippen MR) is 76.1 cm³/mol. The molecule has 0 heterocycles. The molecule has 0 saturated heterocycles. The van der Waals surface area contributed by atoms with Gasteiger partial charge in [-0.05, 0) is 43.0 Å². The first-order valence-electron chi connectivity index (χ1n) is 6.83. The van der Waals surface area contributed by atoms with E-state index in [9.17, 15) is 0 Å². The van der Waals surface area contributed by atoms with Gasteiger partial charge in [-0.25, -0.2) is 0 Å². The smallest absolute Gasteiger partial charge is 0.0594 e. The highest BCUT2D eigenvalue weighted by Gasteiger charge is 2.14. The van der Waals surface area contributed by atoms with Gasteiger partial charge >= 0.3 is 0 Å². The Balaban J connectivity index is 1.62. The first kappa shape index (κ1) is 13.9. The number of aryl methyl sites for hydroxylation is 1. The highest BCUT2D eigenvalue weighted by Crippen LogP contribution is 2.20. The van der Waals surface area contributed by atoms with Crippen LogP contribution in [0.1, 0.15) is 36.8 Å². The third kappa shape index (κ3) is 4.27. The Hall–Kier alpha value is -0.570. The fraction of sp³-hybridized carbons (Fsp3) is 0.600. The van der Waals surface area contributed by atoms with Crippen molar-refractivity contribution in [2.24, 2.45) is 0 Å². The average molecular weight is 268 g/mol. The topological polar surface area (TPSA) is 21.3 Å². The van der Waals surface area contributed by atoms with Crippen LogP contribution in [0.15, 0.2) is 18.2 Å². The summed E-state index contributed by atoms with van der Waals surface area (Å²) in [5.74, 6) is 0. The molecule has 0 spiro atoms. The van der Waals surface area contributed by atoms with Crippen LogP contribution in [0.5, 0.6) is 0 Å².